The summed E-state index contributed by atoms with van der Waals surface area (Å²) < 4.78 is 31.2. The molecule has 0 aromatic heterocycles. The Labute approximate surface area is 127 Å². The molecule has 2 rings (SSSR count). The van der Waals surface area contributed by atoms with Gasteiger partial charge < -0.3 is 10.1 Å². The highest BCUT2D eigenvalue weighted by molar-refractivity contribution is 7.89. The molecule has 2 aliphatic rings. The van der Waals surface area contributed by atoms with E-state index in [2.05, 4.69) is 10.1 Å². The van der Waals surface area contributed by atoms with Crippen molar-refractivity contribution in [3.8, 4) is 0 Å². The third-order valence-electron chi connectivity index (χ3n) is 4.54. The lowest BCUT2D eigenvalue weighted by atomic mass is 10.00. The molecule has 0 radical (unpaired) electrons. The molecule has 6 nitrogen and oxygen atoms in total. The first kappa shape index (κ1) is 16.7. The fourth-order valence-electron chi connectivity index (χ4n) is 3.56. The largest absolute Gasteiger partial charge is 0.469 e. The van der Waals surface area contributed by atoms with Crippen molar-refractivity contribution in [1.82, 2.24) is 9.62 Å². The van der Waals surface area contributed by atoms with Crippen LogP contribution in [0.15, 0.2) is 0 Å². The maximum Gasteiger partial charge on any atom is 0.305 e. The summed E-state index contributed by atoms with van der Waals surface area (Å²) in [6, 6.07) is 1.04. The minimum absolute atomic E-state index is 0.0230. The van der Waals surface area contributed by atoms with Crippen LogP contribution in [0.25, 0.3) is 0 Å². The van der Waals surface area contributed by atoms with Gasteiger partial charge >= 0.3 is 5.97 Å². The van der Waals surface area contributed by atoms with Crippen molar-refractivity contribution in [2.24, 2.45) is 0 Å². The number of hydrogen-bond donors (Lipinski definition) is 1. The first-order chi connectivity index (χ1) is 9.96. The van der Waals surface area contributed by atoms with Crippen molar-refractivity contribution in [3.63, 3.8) is 0 Å². The van der Waals surface area contributed by atoms with E-state index in [9.17, 15) is 13.2 Å². The molecular formula is C14H26N2O4S. The Hall–Kier alpha value is -0.660. The molecule has 2 saturated heterocycles. The van der Waals surface area contributed by atoms with Crippen LogP contribution in [0.1, 0.15) is 45.4 Å². The molecule has 7 heteroatoms. The second-order valence-electron chi connectivity index (χ2n) is 5.96. The Morgan fingerprint density at radius 2 is 1.90 bits per heavy atom. The molecule has 0 spiro atoms. The first-order valence-corrected chi connectivity index (χ1v) is 9.39. The van der Waals surface area contributed by atoms with Crippen LogP contribution in [0.5, 0.6) is 0 Å². The summed E-state index contributed by atoms with van der Waals surface area (Å²) in [6.45, 7) is 2.40. The van der Waals surface area contributed by atoms with Crippen LogP contribution in [-0.2, 0) is 19.6 Å². The van der Waals surface area contributed by atoms with Crippen molar-refractivity contribution < 1.29 is 17.9 Å². The predicted octanol–water partition coefficient (Wildman–Crippen LogP) is 0.874. The van der Waals surface area contributed by atoms with Gasteiger partial charge in [-0.15, -0.1) is 0 Å². The summed E-state index contributed by atoms with van der Waals surface area (Å²) in [5.41, 5.74) is 0. The lowest BCUT2D eigenvalue weighted by Crippen LogP contribution is -2.50. The summed E-state index contributed by atoms with van der Waals surface area (Å²) in [7, 11) is -1.98. The van der Waals surface area contributed by atoms with E-state index in [1.54, 1.807) is 4.31 Å². The molecule has 2 atom stereocenters. The number of piperidine rings is 1. The second kappa shape index (κ2) is 7.07. The van der Waals surface area contributed by atoms with Crippen molar-refractivity contribution in [1.29, 1.82) is 0 Å². The highest BCUT2D eigenvalue weighted by Crippen LogP contribution is 2.31. The Morgan fingerprint density at radius 1 is 1.29 bits per heavy atom. The zero-order valence-electron chi connectivity index (χ0n) is 12.9. The summed E-state index contributed by atoms with van der Waals surface area (Å²) in [6.07, 6.45) is 4.59. The third-order valence-corrected chi connectivity index (χ3v) is 6.61. The van der Waals surface area contributed by atoms with Gasteiger partial charge in [0.15, 0.2) is 0 Å². The van der Waals surface area contributed by atoms with Crippen molar-refractivity contribution >= 4 is 16.0 Å². The normalized spacial score (nSPS) is 28.8. The molecule has 2 heterocycles. The molecule has 2 bridgehead atoms. The van der Waals surface area contributed by atoms with Crippen LogP contribution in [-0.4, -0.2) is 56.2 Å². The molecule has 2 unspecified atom stereocenters. The number of hydrogen-bond acceptors (Lipinski definition) is 5. The van der Waals surface area contributed by atoms with Gasteiger partial charge in [0.2, 0.25) is 10.0 Å². The molecule has 0 aromatic carbocycles. The Balaban J connectivity index is 1.94. The fraction of sp³-hybridized carbons (Fsp3) is 0.929. The van der Waals surface area contributed by atoms with E-state index in [1.165, 1.54) is 7.11 Å². The molecular weight excluding hydrogens is 292 g/mol. The summed E-state index contributed by atoms with van der Waals surface area (Å²) in [5.74, 6) is -0.331. The first-order valence-electron chi connectivity index (χ1n) is 7.78. The molecule has 1 N–H and O–H groups in total. The van der Waals surface area contributed by atoms with E-state index in [0.29, 0.717) is 25.0 Å². The smallest absolute Gasteiger partial charge is 0.305 e. The van der Waals surface area contributed by atoms with E-state index in [0.717, 1.165) is 25.7 Å². The summed E-state index contributed by atoms with van der Waals surface area (Å²) in [5, 5.41) is 3.53. The summed E-state index contributed by atoms with van der Waals surface area (Å²) in [4.78, 5) is 11.1. The second-order valence-corrected chi connectivity index (χ2v) is 8.00. The van der Waals surface area contributed by atoms with Crippen LogP contribution < -0.4 is 5.32 Å². The van der Waals surface area contributed by atoms with Crippen LogP contribution in [0.4, 0.5) is 0 Å². The van der Waals surface area contributed by atoms with Crippen LogP contribution >= 0.6 is 0 Å². The number of methoxy groups -OCH3 is 1. The average molecular weight is 318 g/mol. The van der Waals surface area contributed by atoms with Crippen molar-refractivity contribution in [2.75, 3.05) is 19.4 Å². The van der Waals surface area contributed by atoms with Gasteiger partial charge in [-0.2, -0.15) is 4.31 Å². The number of esters is 1. The van der Waals surface area contributed by atoms with Gasteiger partial charge in [-0.05, 0) is 32.1 Å². The minimum atomic E-state index is -3.30. The molecule has 21 heavy (non-hydrogen) atoms. The zero-order valence-corrected chi connectivity index (χ0v) is 13.7. The minimum Gasteiger partial charge on any atom is -0.469 e. The van der Waals surface area contributed by atoms with E-state index >= 15 is 0 Å². The van der Waals surface area contributed by atoms with Crippen molar-refractivity contribution in [3.05, 3.63) is 0 Å². The van der Waals surface area contributed by atoms with Crippen LogP contribution in [0, 0.1) is 0 Å². The van der Waals surface area contributed by atoms with Gasteiger partial charge in [0.05, 0.1) is 12.9 Å². The Bertz CT molecular complexity index is 454. The number of fused-ring (bicyclic) bond motifs is 2. The number of rotatable bonds is 7. The fourth-order valence-corrected chi connectivity index (χ4v) is 5.33. The monoisotopic (exact) mass is 318 g/mol. The molecule has 2 aliphatic heterocycles. The van der Waals surface area contributed by atoms with Crippen molar-refractivity contribution in [2.45, 2.75) is 63.6 Å². The number of nitrogens with zero attached hydrogens (tertiary/aromatic N) is 1. The zero-order chi connectivity index (χ0) is 15.5. The van der Waals surface area contributed by atoms with Gasteiger partial charge in [0.25, 0.3) is 0 Å². The topological polar surface area (TPSA) is 75.7 Å². The highest BCUT2D eigenvalue weighted by atomic mass is 32.2. The highest BCUT2D eigenvalue weighted by Gasteiger charge is 2.39. The Kier molecular flexibility index (Phi) is 5.62. The summed E-state index contributed by atoms with van der Waals surface area (Å²) >= 11 is 0. The maximum atomic E-state index is 12.5. The lowest BCUT2D eigenvalue weighted by Gasteiger charge is -2.36. The number of nitrogens with one attached hydrogen (secondary N) is 1. The van der Waals surface area contributed by atoms with Gasteiger partial charge in [-0.3, -0.25) is 4.79 Å². The molecule has 2 fully saturated rings. The molecule has 0 amide bonds. The predicted molar refractivity (Wildman–Crippen MR) is 80.4 cm³/mol. The van der Waals surface area contributed by atoms with Gasteiger partial charge in [0, 0.05) is 31.1 Å². The SMILES string of the molecule is CCN(C1CC2CCC(C1)N2)S(=O)(=O)CCCC(=O)OC. The number of ether oxygens (including phenoxy) is 1. The standard InChI is InChI=1S/C14H26N2O4S/c1-3-16(13-9-11-6-7-12(10-13)15-11)21(18,19)8-4-5-14(17)20-2/h11-13,15H,3-10H2,1-2H3. The van der Waals surface area contributed by atoms with E-state index in [4.69, 9.17) is 0 Å². The molecule has 0 aromatic rings. The van der Waals surface area contributed by atoms with Crippen LogP contribution in [0.2, 0.25) is 0 Å². The maximum absolute atomic E-state index is 12.5. The lowest BCUT2D eigenvalue weighted by molar-refractivity contribution is -0.140. The molecule has 122 valence electrons. The van der Waals surface area contributed by atoms with E-state index < -0.39 is 10.0 Å². The Morgan fingerprint density at radius 3 is 2.43 bits per heavy atom. The quantitative estimate of drug-likeness (QED) is 0.705. The number of carbonyl (C=O) groups excluding carboxylic acids is 1. The number of sulfonamides is 1. The average Bonchev–Trinajstić information content (AvgIpc) is 2.77. The van der Waals surface area contributed by atoms with Gasteiger partial charge in [0.1, 0.15) is 0 Å². The molecule has 0 saturated carbocycles. The number of carbonyl (C=O) groups is 1. The van der Waals surface area contributed by atoms with E-state index in [1.807, 2.05) is 6.92 Å². The van der Waals surface area contributed by atoms with Gasteiger partial charge in [-0.1, -0.05) is 6.92 Å². The molecule has 0 aliphatic carbocycles. The van der Waals surface area contributed by atoms with E-state index in [-0.39, 0.29) is 24.2 Å². The third kappa shape index (κ3) is 4.17. The van der Waals surface area contributed by atoms with Gasteiger partial charge in [-0.25, -0.2) is 8.42 Å². The van der Waals surface area contributed by atoms with Crippen LogP contribution in [0.3, 0.4) is 0 Å².